The Morgan fingerprint density at radius 1 is 1.92 bits per heavy atom. The van der Waals surface area contributed by atoms with E-state index in [9.17, 15) is 5.11 Å². The Hall–Kier alpha value is -0.610. The molecule has 1 rings (SSSR count). The molecular formula is C8H11BrN2O. The minimum Gasteiger partial charge on any atom is -0.386 e. The molecule has 1 heterocycles. The van der Waals surface area contributed by atoms with Crippen molar-refractivity contribution in [2.24, 2.45) is 7.05 Å². The lowest BCUT2D eigenvalue weighted by Crippen LogP contribution is -2.04. The van der Waals surface area contributed by atoms with E-state index in [0.717, 1.165) is 10.2 Å². The van der Waals surface area contributed by atoms with E-state index in [0.29, 0.717) is 6.42 Å². The minimum atomic E-state index is -0.524. The number of aryl methyl sites for hydroxylation is 1. The monoisotopic (exact) mass is 230 g/mol. The second-order valence-electron chi connectivity index (χ2n) is 2.54. The summed E-state index contributed by atoms with van der Waals surface area (Å²) in [5, 5.41) is 13.6. The summed E-state index contributed by atoms with van der Waals surface area (Å²) >= 11 is 3.31. The minimum absolute atomic E-state index is 0.524. The van der Waals surface area contributed by atoms with E-state index in [-0.39, 0.29) is 0 Å². The van der Waals surface area contributed by atoms with Crippen molar-refractivity contribution in [2.45, 2.75) is 12.5 Å². The number of rotatable bonds is 3. The van der Waals surface area contributed by atoms with Gasteiger partial charge in [0.25, 0.3) is 0 Å². The Morgan fingerprint density at radius 3 is 3.00 bits per heavy atom. The zero-order valence-electron chi connectivity index (χ0n) is 6.87. The van der Waals surface area contributed by atoms with Gasteiger partial charge in [-0.2, -0.15) is 5.10 Å². The number of aliphatic hydroxyl groups excluding tert-OH is 1. The third kappa shape index (κ3) is 1.76. The van der Waals surface area contributed by atoms with Gasteiger partial charge in [-0.25, -0.2) is 0 Å². The second kappa shape index (κ2) is 3.87. The first-order valence-electron chi connectivity index (χ1n) is 3.63. The number of halogens is 1. The molecule has 0 saturated carbocycles. The van der Waals surface area contributed by atoms with Crippen LogP contribution in [0.5, 0.6) is 0 Å². The molecule has 0 aliphatic carbocycles. The molecule has 3 nitrogen and oxygen atoms in total. The first-order valence-corrected chi connectivity index (χ1v) is 4.42. The average Bonchev–Trinajstić information content (AvgIpc) is 2.32. The molecular weight excluding hydrogens is 220 g/mol. The van der Waals surface area contributed by atoms with Gasteiger partial charge < -0.3 is 5.11 Å². The van der Waals surface area contributed by atoms with Gasteiger partial charge in [-0.3, -0.25) is 4.68 Å². The van der Waals surface area contributed by atoms with Crippen molar-refractivity contribution in [3.8, 4) is 0 Å². The molecule has 1 atom stereocenters. The van der Waals surface area contributed by atoms with Gasteiger partial charge >= 0.3 is 0 Å². The summed E-state index contributed by atoms with van der Waals surface area (Å²) in [7, 11) is 1.80. The van der Waals surface area contributed by atoms with Crippen molar-refractivity contribution >= 4 is 15.9 Å². The van der Waals surface area contributed by atoms with Gasteiger partial charge in [0, 0.05) is 7.05 Å². The molecule has 0 bridgehead atoms. The fourth-order valence-corrected chi connectivity index (χ4v) is 1.68. The van der Waals surface area contributed by atoms with Gasteiger partial charge in [0.2, 0.25) is 0 Å². The van der Waals surface area contributed by atoms with Gasteiger partial charge in [0.05, 0.1) is 16.4 Å². The first-order chi connectivity index (χ1) is 5.66. The number of nitrogens with zero attached hydrogens (tertiary/aromatic N) is 2. The van der Waals surface area contributed by atoms with E-state index in [1.807, 2.05) is 0 Å². The predicted octanol–water partition coefficient (Wildman–Crippen LogP) is 1.79. The highest BCUT2D eigenvalue weighted by Crippen LogP contribution is 2.24. The van der Waals surface area contributed by atoms with Crippen molar-refractivity contribution in [1.29, 1.82) is 0 Å². The molecule has 1 aromatic rings. The van der Waals surface area contributed by atoms with Crippen LogP contribution < -0.4 is 0 Å². The summed E-state index contributed by atoms with van der Waals surface area (Å²) in [5.74, 6) is 0. The average molecular weight is 231 g/mol. The molecule has 0 aliphatic rings. The molecule has 0 fully saturated rings. The highest BCUT2D eigenvalue weighted by atomic mass is 79.9. The number of hydrogen-bond acceptors (Lipinski definition) is 2. The summed E-state index contributed by atoms with van der Waals surface area (Å²) in [5.41, 5.74) is 0.787. The van der Waals surface area contributed by atoms with Gasteiger partial charge in [0.15, 0.2) is 0 Å². The molecule has 0 saturated heterocycles. The first kappa shape index (κ1) is 9.48. The van der Waals surface area contributed by atoms with Crippen molar-refractivity contribution in [3.05, 3.63) is 29.0 Å². The van der Waals surface area contributed by atoms with Crippen LogP contribution in [-0.4, -0.2) is 14.9 Å². The van der Waals surface area contributed by atoms with Crippen LogP contribution in [0.3, 0.4) is 0 Å². The number of aliphatic hydroxyl groups is 1. The zero-order chi connectivity index (χ0) is 9.14. The van der Waals surface area contributed by atoms with Crippen molar-refractivity contribution < 1.29 is 5.11 Å². The van der Waals surface area contributed by atoms with Gasteiger partial charge in [-0.05, 0) is 22.4 Å². The van der Waals surface area contributed by atoms with Crippen LogP contribution in [0.2, 0.25) is 0 Å². The molecule has 4 heteroatoms. The maximum absolute atomic E-state index is 9.61. The Kier molecular flexibility index (Phi) is 3.05. The quantitative estimate of drug-likeness (QED) is 0.805. The summed E-state index contributed by atoms with van der Waals surface area (Å²) in [6, 6.07) is 0. The Bertz CT molecular complexity index is 263. The highest BCUT2D eigenvalue weighted by molar-refractivity contribution is 9.10. The van der Waals surface area contributed by atoms with Crippen LogP contribution in [0.4, 0.5) is 0 Å². The van der Waals surface area contributed by atoms with Crippen molar-refractivity contribution in [1.82, 2.24) is 9.78 Å². The van der Waals surface area contributed by atoms with E-state index in [2.05, 4.69) is 27.6 Å². The maximum Gasteiger partial charge on any atom is 0.100 e. The van der Waals surface area contributed by atoms with E-state index >= 15 is 0 Å². The van der Waals surface area contributed by atoms with Crippen LogP contribution in [0, 0.1) is 0 Å². The molecule has 0 spiro atoms. The summed E-state index contributed by atoms with van der Waals surface area (Å²) in [6.45, 7) is 3.56. The van der Waals surface area contributed by atoms with Crippen LogP contribution in [0.1, 0.15) is 18.2 Å². The van der Waals surface area contributed by atoms with Crippen LogP contribution >= 0.6 is 15.9 Å². The van der Waals surface area contributed by atoms with Crippen molar-refractivity contribution in [3.63, 3.8) is 0 Å². The van der Waals surface area contributed by atoms with Gasteiger partial charge in [0.1, 0.15) is 6.10 Å². The maximum atomic E-state index is 9.61. The SMILES string of the molecule is C=CCC(O)c1c(Br)cnn1C. The Labute approximate surface area is 79.8 Å². The smallest absolute Gasteiger partial charge is 0.100 e. The summed E-state index contributed by atoms with van der Waals surface area (Å²) in [4.78, 5) is 0. The third-order valence-electron chi connectivity index (χ3n) is 1.64. The van der Waals surface area contributed by atoms with Crippen molar-refractivity contribution in [2.75, 3.05) is 0 Å². The fraction of sp³-hybridized carbons (Fsp3) is 0.375. The predicted molar refractivity (Wildman–Crippen MR) is 50.7 cm³/mol. The van der Waals surface area contributed by atoms with Crippen LogP contribution in [0.15, 0.2) is 23.3 Å². The molecule has 0 amide bonds. The van der Waals surface area contributed by atoms with Gasteiger partial charge in [-0.1, -0.05) is 6.08 Å². The second-order valence-corrected chi connectivity index (χ2v) is 3.40. The third-order valence-corrected chi connectivity index (χ3v) is 2.25. The summed E-state index contributed by atoms with van der Waals surface area (Å²) in [6.07, 6.45) is 3.37. The molecule has 0 aliphatic heterocycles. The zero-order valence-corrected chi connectivity index (χ0v) is 8.45. The molecule has 66 valence electrons. The Morgan fingerprint density at radius 2 is 2.58 bits per heavy atom. The molecule has 0 aromatic carbocycles. The largest absolute Gasteiger partial charge is 0.386 e. The lowest BCUT2D eigenvalue weighted by Gasteiger charge is -2.08. The van der Waals surface area contributed by atoms with Crippen LogP contribution in [-0.2, 0) is 7.05 Å². The standard InChI is InChI=1S/C8H11BrN2O/c1-3-4-7(12)8-6(9)5-10-11(8)2/h3,5,7,12H,1,4H2,2H3. The van der Waals surface area contributed by atoms with E-state index in [1.54, 1.807) is 24.0 Å². The Balaban J connectivity index is 2.92. The molecule has 1 unspecified atom stereocenters. The van der Waals surface area contributed by atoms with Crippen LogP contribution in [0.25, 0.3) is 0 Å². The number of hydrogen-bond donors (Lipinski definition) is 1. The lowest BCUT2D eigenvalue weighted by atomic mass is 10.2. The highest BCUT2D eigenvalue weighted by Gasteiger charge is 2.13. The normalized spacial score (nSPS) is 12.9. The number of aromatic nitrogens is 2. The lowest BCUT2D eigenvalue weighted by molar-refractivity contribution is 0.171. The topological polar surface area (TPSA) is 38.1 Å². The van der Waals surface area contributed by atoms with E-state index < -0.39 is 6.10 Å². The molecule has 1 aromatic heterocycles. The molecule has 0 radical (unpaired) electrons. The molecule has 12 heavy (non-hydrogen) atoms. The summed E-state index contributed by atoms with van der Waals surface area (Å²) < 4.78 is 2.48. The van der Waals surface area contributed by atoms with E-state index in [4.69, 9.17) is 0 Å². The van der Waals surface area contributed by atoms with Gasteiger partial charge in [-0.15, -0.1) is 6.58 Å². The molecule has 1 N–H and O–H groups in total. The fourth-order valence-electron chi connectivity index (χ4n) is 1.06. The van der Waals surface area contributed by atoms with E-state index in [1.165, 1.54) is 0 Å².